The number of anilines is 1. The van der Waals surface area contributed by atoms with Crippen LogP contribution >= 0.6 is 11.3 Å². The van der Waals surface area contributed by atoms with Crippen molar-refractivity contribution in [3.63, 3.8) is 0 Å². The summed E-state index contributed by atoms with van der Waals surface area (Å²) < 4.78 is 2.04. The van der Waals surface area contributed by atoms with Gasteiger partial charge in [0.1, 0.15) is 16.1 Å². The van der Waals surface area contributed by atoms with E-state index in [1.54, 1.807) is 16.2 Å². The molecule has 1 unspecified atom stereocenters. The fraction of sp³-hybridized carbons (Fsp3) is 0.440. The fourth-order valence-electron chi connectivity index (χ4n) is 5.22. The first-order valence-corrected chi connectivity index (χ1v) is 12.1. The lowest BCUT2D eigenvalue weighted by atomic mass is 9.90. The second-order valence-electron chi connectivity index (χ2n) is 9.31. The number of hydrogen-bond donors (Lipinski definition) is 1. The van der Waals surface area contributed by atoms with E-state index in [0.717, 1.165) is 52.7 Å². The zero-order valence-corrected chi connectivity index (χ0v) is 19.2. The predicted molar refractivity (Wildman–Crippen MR) is 126 cm³/mol. The van der Waals surface area contributed by atoms with Gasteiger partial charge in [0.25, 0.3) is 5.91 Å². The number of thiophene rings is 1. The Balaban J connectivity index is 1.62. The van der Waals surface area contributed by atoms with E-state index in [-0.39, 0.29) is 17.9 Å². The lowest BCUT2D eigenvalue weighted by Gasteiger charge is -2.45. The molecule has 31 heavy (non-hydrogen) atoms. The molecule has 3 aromatic rings. The zero-order valence-electron chi connectivity index (χ0n) is 18.4. The van der Waals surface area contributed by atoms with Gasteiger partial charge in [-0.2, -0.15) is 0 Å². The number of hydrogen-bond acceptors (Lipinski definition) is 3. The van der Waals surface area contributed by atoms with Gasteiger partial charge in [-0.05, 0) is 62.8 Å². The Morgan fingerprint density at radius 2 is 1.90 bits per heavy atom. The smallest absolute Gasteiger partial charge is 0.275 e. The molecule has 0 spiro atoms. The molecular weight excluding hydrogens is 406 g/mol. The summed E-state index contributed by atoms with van der Waals surface area (Å²) in [5, 5.41) is 6.40. The number of carbonyl (C=O) groups is 2. The Morgan fingerprint density at radius 1 is 1.13 bits per heavy atom. The van der Waals surface area contributed by atoms with Gasteiger partial charge in [0.05, 0.1) is 6.54 Å². The van der Waals surface area contributed by atoms with E-state index >= 15 is 0 Å². The second-order valence-corrected chi connectivity index (χ2v) is 10.2. The van der Waals surface area contributed by atoms with Gasteiger partial charge < -0.3 is 9.88 Å². The van der Waals surface area contributed by atoms with Crippen LogP contribution in [-0.2, 0) is 11.3 Å². The molecule has 1 N–H and O–H groups in total. The van der Waals surface area contributed by atoms with Crippen LogP contribution in [0.25, 0.3) is 10.2 Å². The second kappa shape index (κ2) is 7.52. The maximum absolute atomic E-state index is 13.9. The predicted octanol–water partition coefficient (Wildman–Crippen LogP) is 5.19. The molecule has 0 radical (unpaired) electrons. The van der Waals surface area contributed by atoms with Gasteiger partial charge in [-0.15, -0.1) is 11.3 Å². The number of rotatable bonds is 3. The largest absolute Gasteiger partial charge is 0.351 e. The van der Waals surface area contributed by atoms with Crippen LogP contribution in [-0.4, -0.2) is 28.0 Å². The van der Waals surface area contributed by atoms with Crippen molar-refractivity contribution in [3.05, 3.63) is 52.5 Å². The molecular formula is C25H29N3O2S. The zero-order chi connectivity index (χ0) is 21.8. The van der Waals surface area contributed by atoms with Crippen LogP contribution in [0.5, 0.6) is 0 Å². The Morgan fingerprint density at radius 3 is 2.65 bits per heavy atom. The number of carbonyl (C=O) groups excluding carboxylic acids is 2. The van der Waals surface area contributed by atoms with Crippen molar-refractivity contribution in [2.75, 3.05) is 4.90 Å². The number of nitrogens with one attached hydrogen (secondary N) is 1. The number of nitrogens with zero attached hydrogens (tertiary/aromatic N) is 2. The molecule has 5 rings (SSSR count). The third-order valence-corrected chi connectivity index (χ3v) is 7.86. The molecule has 162 valence electrons. The number of amides is 2. The van der Waals surface area contributed by atoms with Crippen LogP contribution in [0.3, 0.4) is 0 Å². The van der Waals surface area contributed by atoms with Crippen molar-refractivity contribution >= 4 is 39.1 Å². The number of aromatic nitrogens is 1. The highest BCUT2D eigenvalue weighted by atomic mass is 32.1. The minimum absolute atomic E-state index is 0.0585. The summed E-state index contributed by atoms with van der Waals surface area (Å²) in [6, 6.07) is 10.3. The molecule has 2 aromatic heterocycles. The molecule has 2 amide bonds. The molecule has 1 saturated carbocycles. The van der Waals surface area contributed by atoms with Crippen LogP contribution in [0, 0.1) is 13.8 Å². The maximum atomic E-state index is 13.9. The normalized spacial score (nSPS) is 22.0. The molecule has 2 aliphatic rings. The van der Waals surface area contributed by atoms with E-state index in [9.17, 15) is 9.59 Å². The number of fused-ring (bicyclic) bond motifs is 3. The highest BCUT2D eigenvalue weighted by molar-refractivity contribution is 7.16. The molecule has 1 atom stereocenters. The minimum Gasteiger partial charge on any atom is -0.351 e. The summed E-state index contributed by atoms with van der Waals surface area (Å²) in [4.78, 5) is 30.5. The average Bonchev–Trinajstić information content (AvgIpc) is 3.33. The van der Waals surface area contributed by atoms with E-state index in [4.69, 9.17) is 0 Å². The maximum Gasteiger partial charge on any atom is 0.275 e. The lowest BCUT2D eigenvalue weighted by Crippen LogP contribution is -2.65. The minimum atomic E-state index is -1.00. The fourth-order valence-corrected chi connectivity index (χ4v) is 6.12. The lowest BCUT2D eigenvalue weighted by molar-refractivity contribution is -0.127. The third-order valence-electron chi connectivity index (χ3n) is 6.91. The standard InChI is InChI=1S/C25H29N3O2S/c1-16-9-10-20(17(2)13-16)28-22(29)21-14-18-11-12-31-23(18)27(21)15-25(28,3)24(30)26-19-7-5-4-6-8-19/h9-14,19H,4-8,15H2,1-3H3,(H,26,30). The number of aryl methyl sites for hydroxylation is 2. The monoisotopic (exact) mass is 435 g/mol. The van der Waals surface area contributed by atoms with Gasteiger partial charge >= 0.3 is 0 Å². The first-order valence-electron chi connectivity index (χ1n) is 11.2. The Kier molecular flexibility index (Phi) is 4.93. The summed E-state index contributed by atoms with van der Waals surface area (Å²) in [5.41, 5.74) is 2.62. The molecule has 5 nitrogen and oxygen atoms in total. The Hall–Kier alpha value is -2.60. The highest BCUT2D eigenvalue weighted by Gasteiger charge is 2.49. The van der Waals surface area contributed by atoms with Gasteiger partial charge in [-0.25, -0.2) is 0 Å². The van der Waals surface area contributed by atoms with Gasteiger partial charge in [-0.3, -0.25) is 14.5 Å². The van der Waals surface area contributed by atoms with Crippen molar-refractivity contribution in [1.82, 2.24) is 9.88 Å². The molecule has 3 heterocycles. The van der Waals surface area contributed by atoms with Crippen molar-refractivity contribution in [3.8, 4) is 0 Å². The molecule has 1 aromatic carbocycles. The third kappa shape index (κ3) is 3.28. The van der Waals surface area contributed by atoms with Crippen LogP contribution in [0.4, 0.5) is 5.69 Å². The van der Waals surface area contributed by atoms with E-state index in [1.165, 1.54) is 6.42 Å². The van der Waals surface area contributed by atoms with Crippen LogP contribution in [0.2, 0.25) is 0 Å². The van der Waals surface area contributed by atoms with E-state index in [2.05, 4.69) is 11.4 Å². The topological polar surface area (TPSA) is 54.3 Å². The molecule has 1 fully saturated rings. The number of benzene rings is 1. The Labute approximate surface area is 187 Å². The average molecular weight is 436 g/mol. The van der Waals surface area contributed by atoms with E-state index in [0.29, 0.717) is 12.2 Å². The van der Waals surface area contributed by atoms with Crippen LogP contribution < -0.4 is 10.2 Å². The van der Waals surface area contributed by atoms with Crippen LogP contribution in [0.15, 0.2) is 35.7 Å². The summed E-state index contributed by atoms with van der Waals surface area (Å²) in [7, 11) is 0. The summed E-state index contributed by atoms with van der Waals surface area (Å²) in [5.74, 6) is -0.167. The molecule has 1 aliphatic carbocycles. The summed E-state index contributed by atoms with van der Waals surface area (Å²) in [6.45, 7) is 6.43. The Bertz CT molecular complexity index is 1170. The van der Waals surface area contributed by atoms with Crippen molar-refractivity contribution in [1.29, 1.82) is 0 Å². The SMILES string of the molecule is Cc1ccc(N2C(=O)c3cc4ccsc4n3CC2(C)C(=O)NC2CCCCC2)c(C)c1. The molecule has 0 bridgehead atoms. The first kappa shape index (κ1) is 20.3. The van der Waals surface area contributed by atoms with Gasteiger partial charge in [0, 0.05) is 17.1 Å². The highest BCUT2D eigenvalue weighted by Crippen LogP contribution is 2.38. The van der Waals surface area contributed by atoms with Crippen molar-refractivity contribution < 1.29 is 9.59 Å². The van der Waals surface area contributed by atoms with E-state index < -0.39 is 5.54 Å². The quantitative estimate of drug-likeness (QED) is 0.616. The van der Waals surface area contributed by atoms with Crippen molar-refractivity contribution in [2.24, 2.45) is 0 Å². The van der Waals surface area contributed by atoms with Gasteiger partial charge in [0.2, 0.25) is 5.91 Å². The molecule has 1 aliphatic heterocycles. The van der Waals surface area contributed by atoms with Gasteiger partial charge in [-0.1, -0.05) is 37.0 Å². The summed E-state index contributed by atoms with van der Waals surface area (Å²) >= 11 is 1.62. The van der Waals surface area contributed by atoms with E-state index in [1.807, 2.05) is 55.0 Å². The first-order chi connectivity index (χ1) is 14.9. The summed E-state index contributed by atoms with van der Waals surface area (Å²) in [6.07, 6.45) is 5.57. The molecule has 6 heteroatoms. The van der Waals surface area contributed by atoms with Crippen molar-refractivity contribution in [2.45, 2.75) is 71.0 Å². The van der Waals surface area contributed by atoms with Crippen LogP contribution in [0.1, 0.15) is 60.6 Å². The molecule has 0 saturated heterocycles. The van der Waals surface area contributed by atoms with Gasteiger partial charge in [0.15, 0.2) is 0 Å².